The van der Waals surface area contributed by atoms with Crippen LogP contribution in [-0.2, 0) is 6.42 Å². The van der Waals surface area contributed by atoms with E-state index in [1.54, 1.807) is 0 Å². The normalized spacial score (nSPS) is 33.8. The standard InChI is InChI=1S/C21H31NO3/c22-21(11-23,12-24)4-3-13-1-2-19(25)18(10-13)20-16-6-14-5-15(8-16)9-17(20)7-14/h1-2,10,14-17,20,23-25H,3-9,11-12,22H2. The average molecular weight is 345 g/mol. The summed E-state index contributed by atoms with van der Waals surface area (Å²) in [7, 11) is 0. The van der Waals surface area contributed by atoms with E-state index in [1.165, 1.54) is 32.1 Å². The Morgan fingerprint density at radius 3 is 2.12 bits per heavy atom. The van der Waals surface area contributed by atoms with E-state index in [-0.39, 0.29) is 13.2 Å². The minimum absolute atomic E-state index is 0.218. The number of aliphatic hydroxyl groups excluding tert-OH is 2. The summed E-state index contributed by atoms with van der Waals surface area (Å²) in [5, 5.41) is 29.3. The quantitative estimate of drug-likeness (QED) is 0.638. The molecule has 4 aliphatic carbocycles. The number of aromatic hydroxyl groups is 1. The Labute approximate surface area is 150 Å². The summed E-state index contributed by atoms with van der Waals surface area (Å²) in [6, 6.07) is 5.94. The van der Waals surface area contributed by atoms with E-state index >= 15 is 0 Å². The fourth-order valence-corrected chi connectivity index (χ4v) is 6.06. The topological polar surface area (TPSA) is 86.7 Å². The molecular formula is C21H31NO3. The molecule has 1 aromatic rings. The fourth-order valence-electron chi connectivity index (χ4n) is 6.06. The summed E-state index contributed by atoms with van der Waals surface area (Å²) in [4.78, 5) is 0. The number of nitrogens with two attached hydrogens (primary N) is 1. The molecule has 0 aromatic heterocycles. The molecular weight excluding hydrogens is 314 g/mol. The van der Waals surface area contributed by atoms with E-state index in [0.29, 0.717) is 24.5 Å². The molecule has 4 aliphatic rings. The van der Waals surface area contributed by atoms with Gasteiger partial charge in [0.05, 0.1) is 18.8 Å². The molecule has 0 atom stereocenters. The summed E-state index contributed by atoms with van der Waals surface area (Å²) in [6.45, 7) is -0.437. The number of hydrogen-bond acceptors (Lipinski definition) is 4. The third kappa shape index (κ3) is 3.20. The summed E-state index contributed by atoms with van der Waals surface area (Å²) >= 11 is 0. The molecule has 0 heterocycles. The van der Waals surface area contributed by atoms with Crippen molar-refractivity contribution in [3.8, 4) is 5.75 Å². The maximum absolute atomic E-state index is 10.5. The second kappa shape index (κ2) is 6.57. The van der Waals surface area contributed by atoms with Gasteiger partial charge in [0.15, 0.2) is 0 Å². The van der Waals surface area contributed by atoms with Gasteiger partial charge in [-0.15, -0.1) is 0 Å². The lowest BCUT2D eigenvalue weighted by Crippen LogP contribution is -2.47. The highest BCUT2D eigenvalue weighted by Gasteiger charge is 2.49. The van der Waals surface area contributed by atoms with Crippen LogP contribution in [0.3, 0.4) is 0 Å². The van der Waals surface area contributed by atoms with Gasteiger partial charge >= 0.3 is 0 Å². The highest BCUT2D eigenvalue weighted by molar-refractivity contribution is 5.40. The Hall–Kier alpha value is -1.10. The fraction of sp³-hybridized carbons (Fsp3) is 0.714. The molecule has 25 heavy (non-hydrogen) atoms. The largest absolute Gasteiger partial charge is 0.508 e. The lowest BCUT2D eigenvalue weighted by atomic mass is 9.50. The lowest BCUT2D eigenvalue weighted by Gasteiger charge is -2.54. The number of aryl methyl sites for hydroxylation is 1. The Bertz CT molecular complexity index is 598. The highest BCUT2D eigenvalue weighted by Crippen LogP contribution is 2.60. The minimum atomic E-state index is -0.930. The first-order valence-electron chi connectivity index (χ1n) is 9.83. The molecule has 0 radical (unpaired) electrons. The van der Waals surface area contributed by atoms with E-state index < -0.39 is 5.54 Å². The summed E-state index contributed by atoms with van der Waals surface area (Å²) in [6.07, 6.45) is 8.02. The third-order valence-corrected chi connectivity index (χ3v) is 7.22. The zero-order chi connectivity index (χ0) is 17.6. The molecule has 0 spiro atoms. The average Bonchev–Trinajstić information content (AvgIpc) is 2.61. The van der Waals surface area contributed by atoms with Gasteiger partial charge in [0.2, 0.25) is 0 Å². The van der Waals surface area contributed by atoms with Crippen LogP contribution in [0.15, 0.2) is 18.2 Å². The van der Waals surface area contributed by atoms with Gasteiger partial charge in [-0.05, 0) is 91.7 Å². The molecule has 0 aliphatic heterocycles. The van der Waals surface area contributed by atoms with E-state index in [0.717, 1.165) is 34.8 Å². The van der Waals surface area contributed by atoms with Crippen LogP contribution in [0.25, 0.3) is 0 Å². The molecule has 4 heteroatoms. The van der Waals surface area contributed by atoms with Crippen molar-refractivity contribution in [2.45, 2.75) is 56.4 Å². The molecule has 5 N–H and O–H groups in total. The van der Waals surface area contributed by atoms with Crippen molar-refractivity contribution in [3.63, 3.8) is 0 Å². The zero-order valence-corrected chi connectivity index (χ0v) is 14.9. The van der Waals surface area contributed by atoms with Crippen molar-refractivity contribution in [3.05, 3.63) is 29.3 Å². The smallest absolute Gasteiger partial charge is 0.119 e. The second-order valence-corrected chi connectivity index (χ2v) is 9.03. The molecule has 4 nitrogen and oxygen atoms in total. The number of aliphatic hydroxyl groups is 2. The van der Waals surface area contributed by atoms with Gasteiger partial charge in [0.1, 0.15) is 5.75 Å². The van der Waals surface area contributed by atoms with Gasteiger partial charge in [0.25, 0.3) is 0 Å². The molecule has 0 unspecified atom stereocenters. The van der Waals surface area contributed by atoms with E-state index in [4.69, 9.17) is 5.73 Å². The van der Waals surface area contributed by atoms with Crippen LogP contribution in [0.4, 0.5) is 0 Å². The van der Waals surface area contributed by atoms with E-state index in [9.17, 15) is 15.3 Å². The summed E-state index contributed by atoms with van der Waals surface area (Å²) in [5.41, 5.74) is 7.33. The first-order chi connectivity index (χ1) is 12.0. The molecule has 138 valence electrons. The minimum Gasteiger partial charge on any atom is -0.508 e. The Balaban J connectivity index is 1.54. The van der Waals surface area contributed by atoms with Crippen molar-refractivity contribution in [1.29, 1.82) is 0 Å². The molecule has 4 bridgehead atoms. The molecule has 0 amide bonds. The first kappa shape index (κ1) is 17.3. The van der Waals surface area contributed by atoms with Crippen LogP contribution in [0.5, 0.6) is 5.75 Å². The van der Waals surface area contributed by atoms with Crippen molar-refractivity contribution < 1.29 is 15.3 Å². The Morgan fingerprint density at radius 2 is 1.56 bits per heavy atom. The molecule has 4 saturated carbocycles. The van der Waals surface area contributed by atoms with Gasteiger partial charge in [-0.2, -0.15) is 0 Å². The van der Waals surface area contributed by atoms with Gasteiger partial charge in [-0.25, -0.2) is 0 Å². The number of hydrogen-bond donors (Lipinski definition) is 4. The summed E-state index contributed by atoms with van der Waals surface area (Å²) in [5.74, 6) is 4.27. The van der Waals surface area contributed by atoms with Gasteiger partial charge in [-0.3, -0.25) is 0 Å². The first-order valence-corrected chi connectivity index (χ1v) is 9.83. The zero-order valence-electron chi connectivity index (χ0n) is 14.9. The van der Waals surface area contributed by atoms with Crippen molar-refractivity contribution in [2.75, 3.05) is 13.2 Å². The van der Waals surface area contributed by atoms with Crippen molar-refractivity contribution in [1.82, 2.24) is 0 Å². The molecule has 1 aromatic carbocycles. The van der Waals surface area contributed by atoms with Crippen LogP contribution >= 0.6 is 0 Å². The third-order valence-electron chi connectivity index (χ3n) is 7.22. The lowest BCUT2D eigenvalue weighted by molar-refractivity contribution is -0.00349. The molecule has 5 rings (SSSR count). The maximum atomic E-state index is 10.5. The van der Waals surface area contributed by atoms with Crippen LogP contribution in [0, 0.1) is 23.7 Å². The number of rotatable bonds is 6. The molecule has 0 saturated heterocycles. The Morgan fingerprint density at radius 1 is 0.960 bits per heavy atom. The predicted molar refractivity (Wildman–Crippen MR) is 97.3 cm³/mol. The number of benzene rings is 1. The Kier molecular flexibility index (Phi) is 4.55. The predicted octanol–water partition coefficient (Wildman–Crippen LogP) is 2.55. The second-order valence-electron chi connectivity index (χ2n) is 9.03. The van der Waals surface area contributed by atoms with Crippen LogP contribution in [0.2, 0.25) is 0 Å². The van der Waals surface area contributed by atoms with Crippen LogP contribution < -0.4 is 5.73 Å². The SMILES string of the molecule is NC(CO)(CO)CCc1ccc(O)c(C2C3CC4CC(C3)CC2C4)c1. The highest BCUT2D eigenvalue weighted by atomic mass is 16.3. The van der Waals surface area contributed by atoms with Crippen LogP contribution in [0.1, 0.15) is 55.6 Å². The van der Waals surface area contributed by atoms with Gasteiger partial charge < -0.3 is 21.1 Å². The number of phenols is 1. The monoisotopic (exact) mass is 345 g/mol. The van der Waals surface area contributed by atoms with E-state index in [2.05, 4.69) is 6.07 Å². The van der Waals surface area contributed by atoms with Crippen molar-refractivity contribution in [2.24, 2.45) is 29.4 Å². The van der Waals surface area contributed by atoms with E-state index in [1.807, 2.05) is 12.1 Å². The van der Waals surface area contributed by atoms with Gasteiger partial charge in [-0.1, -0.05) is 12.1 Å². The van der Waals surface area contributed by atoms with Crippen LogP contribution in [-0.4, -0.2) is 34.1 Å². The number of phenolic OH excluding ortho intramolecular Hbond substituents is 1. The van der Waals surface area contributed by atoms with Crippen molar-refractivity contribution >= 4 is 0 Å². The van der Waals surface area contributed by atoms with Gasteiger partial charge in [0, 0.05) is 0 Å². The summed E-state index contributed by atoms with van der Waals surface area (Å²) < 4.78 is 0. The molecule has 4 fully saturated rings. The maximum Gasteiger partial charge on any atom is 0.119 e.